The fraction of sp³-hybridized carbons (Fsp3) is 0.227. The van der Waals surface area contributed by atoms with Gasteiger partial charge in [0.15, 0.2) is 0 Å². The number of nitrogens with one attached hydrogen (secondary N) is 2. The van der Waals surface area contributed by atoms with Crippen molar-refractivity contribution in [1.82, 2.24) is 20.3 Å². The number of rotatable bonds is 3. The Bertz CT molecular complexity index is 1260. The molecule has 1 aliphatic rings. The molecule has 2 N–H and O–H groups in total. The van der Waals surface area contributed by atoms with Crippen molar-refractivity contribution in [2.24, 2.45) is 0 Å². The first-order valence-corrected chi connectivity index (χ1v) is 9.88. The smallest absolute Gasteiger partial charge is 0.358 e. The van der Waals surface area contributed by atoms with E-state index in [2.05, 4.69) is 26.3 Å². The van der Waals surface area contributed by atoms with Gasteiger partial charge in [-0.1, -0.05) is 0 Å². The molecule has 0 fully saturated rings. The molecule has 4 rings (SSSR count). The van der Waals surface area contributed by atoms with Gasteiger partial charge in [-0.25, -0.2) is 0 Å². The summed E-state index contributed by atoms with van der Waals surface area (Å²) in [6, 6.07) is 7.94. The van der Waals surface area contributed by atoms with Crippen molar-refractivity contribution in [2.75, 3.05) is 6.54 Å². The SMILES string of the molecule is Cc1cncc(-c2cc(-c3cc4c([nH]3)CCNC4=O)ccn2)c1.O=C(C(=O)C(F)(F)F)C(F)(F)F. The summed E-state index contributed by atoms with van der Waals surface area (Å²) < 4.78 is 67.0. The number of halogens is 6. The first-order valence-electron chi connectivity index (χ1n) is 9.88. The van der Waals surface area contributed by atoms with Crippen molar-refractivity contribution in [3.63, 3.8) is 0 Å². The highest BCUT2D eigenvalue weighted by molar-refractivity contribution is 6.41. The summed E-state index contributed by atoms with van der Waals surface area (Å²) >= 11 is 0. The Morgan fingerprint density at radius 1 is 0.943 bits per heavy atom. The lowest BCUT2D eigenvalue weighted by molar-refractivity contribution is -0.193. The van der Waals surface area contributed by atoms with Crippen LogP contribution in [0.25, 0.3) is 22.5 Å². The Kier molecular flexibility index (Phi) is 7.08. The number of carbonyl (C=O) groups is 3. The van der Waals surface area contributed by atoms with E-state index in [0.717, 1.165) is 45.8 Å². The second kappa shape index (κ2) is 9.68. The van der Waals surface area contributed by atoms with Crippen LogP contribution in [-0.2, 0) is 16.0 Å². The average Bonchev–Trinajstić information content (AvgIpc) is 3.23. The summed E-state index contributed by atoms with van der Waals surface area (Å²) in [5, 5.41) is 2.87. The van der Waals surface area contributed by atoms with E-state index in [1.165, 1.54) is 0 Å². The molecule has 0 radical (unpaired) electrons. The van der Waals surface area contributed by atoms with Crippen LogP contribution < -0.4 is 5.32 Å². The quantitative estimate of drug-likeness (QED) is 0.420. The molecule has 0 bridgehead atoms. The van der Waals surface area contributed by atoms with Gasteiger partial charge in [-0.05, 0) is 36.8 Å². The van der Waals surface area contributed by atoms with E-state index in [1.54, 1.807) is 6.20 Å². The third kappa shape index (κ3) is 6.11. The third-order valence-corrected chi connectivity index (χ3v) is 4.77. The summed E-state index contributed by atoms with van der Waals surface area (Å²) in [6.07, 6.45) is -5.29. The number of hydrogen-bond acceptors (Lipinski definition) is 5. The van der Waals surface area contributed by atoms with Crippen molar-refractivity contribution >= 4 is 17.5 Å². The van der Waals surface area contributed by atoms with Gasteiger partial charge in [0.2, 0.25) is 0 Å². The van der Waals surface area contributed by atoms with Gasteiger partial charge in [-0.3, -0.25) is 24.4 Å². The van der Waals surface area contributed by atoms with E-state index in [9.17, 15) is 40.7 Å². The number of carbonyl (C=O) groups excluding carboxylic acids is 3. The standard InChI is InChI=1S/C18H16N4O.C4F6O2/c1-11-6-13(10-19-9-11)16-7-12(2-4-20-16)17-8-14-15(22-17)3-5-21-18(14)23;5-3(6,7)1(11)2(12)4(8,9)10/h2,4,6-10,22H,3,5H2,1H3,(H,21,23);. The number of Topliss-reactive ketones (excluding diaryl/α,β-unsaturated/α-hetero) is 2. The fourth-order valence-electron chi connectivity index (χ4n) is 3.16. The van der Waals surface area contributed by atoms with Crippen LogP contribution in [-0.4, -0.2) is 51.3 Å². The minimum Gasteiger partial charge on any atom is -0.358 e. The van der Waals surface area contributed by atoms with E-state index >= 15 is 0 Å². The van der Waals surface area contributed by atoms with Crippen LogP contribution in [0.2, 0.25) is 0 Å². The number of amides is 1. The Balaban J connectivity index is 0.000000245. The number of alkyl halides is 6. The van der Waals surface area contributed by atoms with Crippen molar-refractivity contribution in [2.45, 2.75) is 25.7 Å². The lowest BCUT2D eigenvalue weighted by Crippen LogP contribution is -2.39. The molecule has 0 saturated heterocycles. The van der Waals surface area contributed by atoms with Crippen molar-refractivity contribution in [1.29, 1.82) is 0 Å². The van der Waals surface area contributed by atoms with Crippen molar-refractivity contribution < 1.29 is 40.7 Å². The number of pyridine rings is 2. The second-order valence-corrected chi connectivity index (χ2v) is 7.42. The summed E-state index contributed by atoms with van der Waals surface area (Å²) in [5.41, 5.74) is 6.65. The van der Waals surface area contributed by atoms with Crippen molar-refractivity contribution in [3.05, 3.63) is 59.7 Å². The average molecular weight is 498 g/mol. The molecule has 0 spiro atoms. The van der Waals surface area contributed by atoms with Crippen LogP contribution in [0.3, 0.4) is 0 Å². The van der Waals surface area contributed by atoms with E-state index in [4.69, 9.17) is 0 Å². The van der Waals surface area contributed by atoms with Gasteiger partial charge >= 0.3 is 23.9 Å². The Hall–Kier alpha value is -4.03. The maximum absolute atomic E-state index is 11.9. The highest BCUT2D eigenvalue weighted by Gasteiger charge is 2.54. The normalized spacial score (nSPS) is 13.3. The number of hydrogen-bond donors (Lipinski definition) is 2. The molecule has 0 aromatic carbocycles. The maximum atomic E-state index is 11.9. The molecule has 3 aromatic rings. The number of H-pyrrole nitrogens is 1. The van der Waals surface area contributed by atoms with Gasteiger partial charge < -0.3 is 10.3 Å². The van der Waals surface area contributed by atoms with Gasteiger partial charge in [0.1, 0.15) is 0 Å². The molecule has 7 nitrogen and oxygen atoms in total. The van der Waals surface area contributed by atoms with Crippen LogP contribution in [0, 0.1) is 6.92 Å². The predicted octanol–water partition coefficient (Wildman–Crippen LogP) is 3.98. The maximum Gasteiger partial charge on any atom is 0.458 e. The van der Waals surface area contributed by atoms with E-state index in [1.807, 2.05) is 37.5 Å². The minimum atomic E-state index is -5.77. The van der Waals surface area contributed by atoms with Gasteiger partial charge in [0.25, 0.3) is 5.91 Å². The zero-order chi connectivity index (χ0) is 26.0. The van der Waals surface area contributed by atoms with Crippen LogP contribution in [0.4, 0.5) is 26.3 Å². The first-order chi connectivity index (χ1) is 16.3. The number of ketones is 2. The van der Waals surface area contributed by atoms with E-state index < -0.39 is 23.9 Å². The number of aryl methyl sites for hydroxylation is 1. The molecular weight excluding hydrogens is 482 g/mol. The number of aromatic amines is 1. The molecule has 0 saturated carbocycles. The molecule has 13 heteroatoms. The van der Waals surface area contributed by atoms with E-state index in [0.29, 0.717) is 6.54 Å². The largest absolute Gasteiger partial charge is 0.458 e. The van der Waals surface area contributed by atoms with Gasteiger partial charge in [0, 0.05) is 54.1 Å². The number of aromatic nitrogens is 3. The molecule has 35 heavy (non-hydrogen) atoms. The van der Waals surface area contributed by atoms with Crippen molar-refractivity contribution in [3.8, 4) is 22.5 Å². The summed E-state index contributed by atoms with van der Waals surface area (Å²) in [5.74, 6) is -6.82. The topological polar surface area (TPSA) is 105 Å². The Morgan fingerprint density at radius 2 is 1.60 bits per heavy atom. The summed E-state index contributed by atoms with van der Waals surface area (Å²) in [4.78, 5) is 43.2. The van der Waals surface area contributed by atoms with E-state index in [-0.39, 0.29) is 5.91 Å². The monoisotopic (exact) mass is 498 g/mol. The second-order valence-electron chi connectivity index (χ2n) is 7.42. The van der Waals surface area contributed by atoms with Crippen LogP contribution in [0.15, 0.2) is 42.9 Å². The molecule has 0 aliphatic carbocycles. The summed E-state index contributed by atoms with van der Waals surface area (Å²) in [7, 11) is 0. The first kappa shape index (κ1) is 25.6. The number of nitrogens with zero attached hydrogens (tertiary/aromatic N) is 2. The molecule has 4 heterocycles. The van der Waals surface area contributed by atoms with Crippen LogP contribution in [0.5, 0.6) is 0 Å². The van der Waals surface area contributed by atoms with Crippen LogP contribution >= 0.6 is 0 Å². The highest BCUT2D eigenvalue weighted by Crippen LogP contribution is 2.27. The van der Waals surface area contributed by atoms with Gasteiger partial charge in [-0.2, -0.15) is 26.3 Å². The third-order valence-electron chi connectivity index (χ3n) is 4.77. The molecular formula is C22H16F6N4O3. The Morgan fingerprint density at radius 3 is 2.17 bits per heavy atom. The molecule has 3 aromatic heterocycles. The summed E-state index contributed by atoms with van der Waals surface area (Å²) in [6.45, 7) is 2.69. The minimum absolute atomic E-state index is 0.00841. The highest BCUT2D eigenvalue weighted by atomic mass is 19.4. The molecule has 1 aliphatic heterocycles. The molecule has 0 atom stereocenters. The zero-order valence-electron chi connectivity index (χ0n) is 17.8. The Labute approximate surface area is 193 Å². The van der Waals surface area contributed by atoms with Gasteiger partial charge in [0.05, 0.1) is 11.3 Å². The lowest BCUT2D eigenvalue weighted by atomic mass is 10.1. The fourth-order valence-corrected chi connectivity index (χ4v) is 3.16. The van der Waals surface area contributed by atoms with Crippen LogP contribution in [0.1, 0.15) is 21.6 Å². The lowest BCUT2D eigenvalue weighted by Gasteiger charge is -2.10. The predicted molar refractivity (Wildman–Crippen MR) is 110 cm³/mol. The molecule has 1 amide bonds. The zero-order valence-corrected chi connectivity index (χ0v) is 17.8. The van der Waals surface area contributed by atoms with Gasteiger partial charge in [-0.15, -0.1) is 0 Å². The number of fused-ring (bicyclic) bond motifs is 1. The molecule has 0 unspecified atom stereocenters. The molecule has 184 valence electrons.